The first kappa shape index (κ1) is 17.3. The highest BCUT2D eigenvalue weighted by molar-refractivity contribution is 5.88. The summed E-state index contributed by atoms with van der Waals surface area (Å²) in [5.74, 6) is -0.0737. The summed E-state index contributed by atoms with van der Waals surface area (Å²) in [6, 6.07) is 2.00. The SMILES string of the molecule is C=C(Cc1c(C)cc(C(C)(C)C)c(O)c1C)C(=O)OCC. The highest BCUT2D eigenvalue weighted by atomic mass is 16.5. The van der Waals surface area contributed by atoms with E-state index in [9.17, 15) is 9.90 Å². The van der Waals surface area contributed by atoms with Crippen molar-refractivity contribution in [3.8, 4) is 5.75 Å². The average Bonchev–Trinajstić information content (AvgIpc) is 2.37. The van der Waals surface area contributed by atoms with Gasteiger partial charge >= 0.3 is 5.97 Å². The Labute approximate surface area is 127 Å². The van der Waals surface area contributed by atoms with Gasteiger partial charge in [0.05, 0.1) is 6.61 Å². The number of aromatic hydroxyl groups is 1. The number of esters is 1. The molecule has 0 aliphatic heterocycles. The second-order valence-corrected chi connectivity index (χ2v) is 6.44. The van der Waals surface area contributed by atoms with Crippen molar-refractivity contribution < 1.29 is 14.6 Å². The first-order valence-corrected chi connectivity index (χ1v) is 7.27. The van der Waals surface area contributed by atoms with Gasteiger partial charge in [0, 0.05) is 12.0 Å². The fourth-order valence-corrected chi connectivity index (χ4v) is 2.38. The summed E-state index contributed by atoms with van der Waals surface area (Å²) in [4.78, 5) is 11.7. The smallest absolute Gasteiger partial charge is 0.333 e. The van der Waals surface area contributed by atoms with Crippen LogP contribution in [0.1, 0.15) is 49.9 Å². The topological polar surface area (TPSA) is 46.5 Å². The molecular formula is C18H26O3. The Morgan fingerprint density at radius 3 is 2.38 bits per heavy atom. The lowest BCUT2D eigenvalue weighted by atomic mass is 9.82. The van der Waals surface area contributed by atoms with Crippen LogP contribution in [0, 0.1) is 13.8 Å². The molecule has 0 radical (unpaired) electrons. The number of phenols is 1. The predicted octanol–water partition coefficient (Wildman–Crippen LogP) is 3.97. The molecule has 3 nitrogen and oxygen atoms in total. The maximum Gasteiger partial charge on any atom is 0.333 e. The molecule has 0 aromatic heterocycles. The Bertz CT molecular complexity index is 563. The van der Waals surface area contributed by atoms with Crippen LogP contribution >= 0.6 is 0 Å². The molecular weight excluding hydrogens is 264 g/mol. The largest absolute Gasteiger partial charge is 0.507 e. The van der Waals surface area contributed by atoms with Gasteiger partial charge in [0.1, 0.15) is 5.75 Å². The zero-order chi connectivity index (χ0) is 16.4. The zero-order valence-corrected chi connectivity index (χ0v) is 14.0. The number of rotatable bonds is 4. The molecule has 1 aromatic rings. The lowest BCUT2D eigenvalue weighted by molar-refractivity contribution is -0.138. The van der Waals surface area contributed by atoms with E-state index in [-0.39, 0.29) is 11.4 Å². The normalized spacial score (nSPS) is 11.3. The van der Waals surface area contributed by atoms with Crippen molar-refractivity contribution in [3.63, 3.8) is 0 Å². The molecule has 0 aliphatic rings. The average molecular weight is 290 g/mol. The Morgan fingerprint density at radius 2 is 1.90 bits per heavy atom. The van der Waals surface area contributed by atoms with Crippen molar-refractivity contribution in [2.45, 2.75) is 53.4 Å². The summed E-state index contributed by atoms with van der Waals surface area (Å²) in [6.07, 6.45) is 0.397. The summed E-state index contributed by atoms with van der Waals surface area (Å²) in [5.41, 5.74) is 4.01. The minimum atomic E-state index is -0.379. The van der Waals surface area contributed by atoms with Crippen LogP contribution < -0.4 is 0 Å². The molecule has 3 heteroatoms. The van der Waals surface area contributed by atoms with Gasteiger partial charge in [-0.15, -0.1) is 0 Å². The van der Waals surface area contributed by atoms with Crippen molar-refractivity contribution in [2.24, 2.45) is 0 Å². The van der Waals surface area contributed by atoms with E-state index >= 15 is 0 Å². The first-order chi connectivity index (χ1) is 9.59. The maximum absolute atomic E-state index is 11.7. The Morgan fingerprint density at radius 1 is 1.33 bits per heavy atom. The quantitative estimate of drug-likeness (QED) is 0.674. The third-order valence-electron chi connectivity index (χ3n) is 3.66. The number of ether oxygens (including phenoxy) is 1. The van der Waals surface area contributed by atoms with E-state index in [1.807, 2.05) is 19.9 Å². The molecule has 0 aliphatic carbocycles. The van der Waals surface area contributed by atoms with E-state index in [0.717, 1.165) is 22.3 Å². The van der Waals surface area contributed by atoms with Crippen LogP contribution in [-0.2, 0) is 21.4 Å². The van der Waals surface area contributed by atoms with Gasteiger partial charge in [-0.05, 0) is 48.4 Å². The van der Waals surface area contributed by atoms with Gasteiger partial charge in [-0.3, -0.25) is 0 Å². The van der Waals surface area contributed by atoms with Crippen LogP contribution in [0.2, 0.25) is 0 Å². The second kappa shape index (κ2) is 6.33. The number of phenolic OH excluding ortho intramolecular Hbond substituents is 1. The van der Waals surface area contributed by atoms with Crippen LogP contribution in [0.5, 0.6) is 5.75 Å². The van der Waals surface area contributed by atoms with Crippen LogP contribution in [-0.4, -0.2) is 17.7 Å². The number of carbonyl (C=O) groups is 1. The molecule has 1 rings (SSSR count). The standard InChI is InChI=1S/C18H26O3/c1-8-21-17(20)12(3)9-14-11(2)10-15(18(5,6)7)16(19)13(14)4/h10,19H,3,8-9H2,1-2,4-7H3. The van der Waals surface area contributed by atoms with Gasteiger partial charge in [0.15, 0.2) is 0 Å². The van der Waals surface area contributed by atoms with Crippen molar-refractivity contribution in [1.82, 2.24) is 0 Å². The number of benzene rings is 1. The molecule has 0 bridgehead atoms. The molecule has 0 saturated carbocycles. The van der Waals surface area contributed by atoms with E-state index in [1.54, 1.807) is 6.92 Å². The molecule has 116 valence electrons. The Kier molecular flexibility index (Phi) is 5.21. The van der Waals surface area contributed by atoms with E-state index in [0.29, 0.717) is 24.4 Å². The summed E-state index contributed by atoms with van der Waals surface area (Å²) < 4.78 is 4.96. The summed E-state index contributed by atoms with van der Waals surface area (Å²) in [6.45, 7) is 16.0. The fraction of sp³-hybridized carbons (Fsp3) is 0.500. The molecule has 21 heavy (non-hydrogen) atoms. The van der Waals surface area contributed by atoms with Crippen molar-refractivity contribution in [3.05, 3.63) is 40.5 Å². The molecule has 0 fully saturated rings. The number of aryl methyl sites for hydroxylation is 1. The third-order valence-corrected chi connectivity index (χ3v) is 3.66. The van der Waals surface area contributed by atoms with Crippen molar-refractivity contribution in [2.75, 3.05) is 6.61 Å². The van der Waals surface area contributed by atoms with Gasteiger partial charge in [-0.1, -0.05) is 33.4 Å². The summed E-state index contributed by atoms with van der Waals surface area (Å²) in [7, 11) is 0. The minimum Gasteiger partial charge on any atom is -0.507 e. The van der Waals surface area contributed by atoms with Crippen LogP contribution in [0.25, 0.3) is 0 Å². The van der Waals surface area contributed by atoms with E-state index in [2.05, 4.69) is 27.4 Å². The lowest BCUT2D eigenvalue weighted by Crippen LogP contribution is -2.14. The Hall–Kier alpha value is -1.77. The molecule has 0 heterocycles. The van der Waals surface area contributed by atoms with Crippen LogP contribution in [0.4, 0.5) is 0 Å². The molecule has 0 spiro atoms. The zero-order valence-electron chi connectivity index (χ0n) is 14.0. The van der Waals surface area contributed by atoms with Gasteiger partial charge in [-0.2, -0.15) is 0 Å². The first-order valence-electron chi connectivity index (χ1n) is 7.27. The van der Waals surface area contributed by atoms with Crippen LogP contribution in [0.15, 0.2) is 18.2 Å². The monoisotopic (exact) mass is 290 g/mol. The number of hydrogen-bond acceptors (Lipinski definition) is 3. The number of carbonyl (C=O) groups excluding carboxylic acids is 1. The second-order valence-electron chi connectivity index (χ2n) is 6.44. The fourth-order valence-electron chi connectivity index (χ4n) is 2.38. The molecule has 1 N–H and O–H groups in total. The molecule has 0 amide bonds. The maximum atomic E-state index is 11.7. The predicted molar refractivity (Wildman–Crippen MR) is 85.8 cm³/mol. The molecule has 0 saturated heterocycles. The van der Waals surface area contributed by atoms with E-state index < -0.39 is 0 Å². The van der Waals surface area contributed by atoms with Crippen molar-refractivity contribution in [1.29, 1.82) is 0 Å². The molecule has 0 unspecified atom stereocenters. The van der Waals surface area contributed by atoms with E-state index in [1.165, 1.54) is 0 Å². The Balaban J connectivity index is 3.20. The summed E-state index contributed by atoms with van der Waals surface area (Å²) >= 11 is 0. The highest BCUT2D eigenvalue weighted by Gasteiger charge is 2.23. The summed E-state index contributed by atoms with van der Waals surface area (Å²) in [5, 5.41) is 10.4. The molecule has 0 atom stereocenters. The van der Waals surface area contributed by atoms with Gasteiger partial charge in [0.25, 0.3) is 0 Å². The van der Waals surface area contributed by atoms with Gasteiger partial charge < -0.3 is 9.84 Å². The highest BCUT2D eigenvalue weighted by Crippen LogP contribution is 2.37. The molecule has 1 aromatic carbocycles. The minimum absolute atomic E-state index is 0.129. The lowest BCUT2D eigenvalue weighted by Gasteiger charge is -2.24. The van der Waals surface area contributed by atoms with Gasteiger partial charge in [-0.25, -0.2) is 4.79 Å². The third kappa shape index (κ3) is 3.87. The van der Waals surface area contributed by atoms with E-state index in [4.69, 9.17) is 4.74 Å². The van der Waals surface area contributed by atoms with Gasteiger partial charge in [0.2, 0.25) is 0 Å². The van der Waals surface area contributed by atoms with Crippen LogP contribution in [0.3, 0.4) is 0 Å². The van der Waals surface area contributed by atoms with Crippen molar-refractivity contribution >= 4 is 5.97 Å². The number of hydrogen-bond donors (Lipinski definition) is 1.